The van der Waals surface area contributed by atoms with Crippen molar-refractivity contribution in [1.29, 1.82) is 0 Å². The van der Waals surface area contributed by atoms with Crippen molar-refractivity contribution in [3.8, 4) is 17.0 Å². The number of aromatic nitrogens is 2. The van der Waals surface area contributed by atoms with Gasteiger partial charge in [0.05, 0.1) is 18.5 Å². The summed E-state index contributed by atoms with van der Waals surface area (Å²) in [5.41, 5.74) is 2.86. The average Bonchev–Trinajstić information content (AvgIpc) is 2.74. The number of benzene rings is 2. The van der Waals surface area contributed by atoms with Gasteiger partial charge in [-0.15, -0.1) is 0 Å². The molecule has 1 aromatic heterocycles. The molecule has 1 atom stereocenters. The average molecular weight is 374 g/mol. The van der Waals surface area contributed by atoms with Gasteiger partial charge in [0.1, 0.15) is 11.6 Å². The molecule has 5 heteroatoms. The Morgan fingerprint density at radius 1 is 1.04 bits per heavy atom. The van der Waals surface area contributed by atoms with Gasteiger partial charge in [-0.1, -0.05) is 49.4 Å². The van der Waals surface area contributed by atoms with Crippen LogP contribution in [0, 0.1) is 5.92 Å². The van der Waals surface area contributed by atoms with Gasteiger partial charge in [-0.2, -0.15) is 4.98 Å². The first-order valence-corrected chi connectivity index (χ1v) is 9.82. The molecule has 28 heavy (non-hydrogen) atoms. The minimum absolute atomic E-state index is 0.582. The minimum Gasteiger partial charge on any atom is -0.495 e. The molecule has 1 aliphatic heterocycles. The molecule has 1 unspecified atom stereocenters. The molecule has 0 bridgehead atoms. The van der Waals surface area contributed by atoms with Crippen LogP contribution in [-0.4, -0.2) is 30.2 Å². The molecule has 5 nitrogen and oxygen atoms in total. The highest BCUT2D eigenvalue weighted by Crippen LogP contribution is 2.30. The molecule has 3 aromatic rings. The highest BCUT2D eigenvalue weighted by molar-refractivity contribution is 5.68. The van der Waals surface area contributed by atoms with Crippen molar-refractivity contribution >= 4 is 17.5 Å². The van der Waals surface area contributed by atoms with Crippen molar-refractivity contribution in [2.45, 2.75) is 19.8 Å². The van der Waals surface area contributed by atoms with Crippen molar-refractivity contribution in [1.82, 2.24) is 9.97 Å². The first-order valence-electron chi connectivity index (χ1n) is 9.82. The summed E-state index contributed by atoms with van der Waals surface area (Å²) in [6.45, 7) is 4.36. The zero-order chi connectivity index (χ0) is 19.3. The molecule has 0 radical (unpaired) electrons. The monoisotopic (exact) mass is 374 g/mol. The maximum absolute atomic E-state index is 5.46. The molecule has 2 heterocycles. The Labute approximate surface area is 166 Å². The van der Waals surface area contributed by atoms with Gasteiger partial charge in [-0.3, -0.25) is 0 Å². The minimum atomic E-state index is 0.582. The lowest BCUT2D eigenvalue weighted by Gasteiger charge is -2.32. The molecule has 0 aliphatic carbocycles. The number of hydrogen-bond acceptors (Lipinski definition) is 5. The standard InChI is InChI=1S/C23H26N4O/c1-17-9-8-14-27(16-17)22-15-20(18-10-4-3-5-11-18)25-23(26-22)24-19-12-6-7-13-21(19)28-2/h3-7,10-13,15,17H,8-9,14,16H2,1-2H3,(H,24,25,26). The quantitative estimate of drug-likeness (QED) is 0.671. The van der Waals surface area contributed by atoms with Crippen LogP contribution in [0.1, 0.15) is 19.8 Å². The Kier molecular flexibility index (Phi) is 5.42. The largest absolute Gasteiger partial charge is 0.495 e. The van der Waals surface area contributed by atoms with Crippen LogP contribution in [0.25, 0.3) is 11.3 Å². The molecule has 1 saturated heterocycles. The number of para-hydroxylation sites is 2. The first-order chi connectivity index (χ1) is 13.7. The SMILES string of the molecule is COc1ccccc1Nc1nc(-c2ccccc2)cc(N2CCCC(C)C2)n1. The third kappa shape index (κ3) is 4.09. The highest BCUT2D eigenvalue weighted by Gasteiger charge is 2.19. The number of ether oxygens (including phenoxy) is 1. The van der Waals surface area contributed by atoms with E-state index in [1.807, 2.05) is 42.5 Å². The van der Waals surface area contributed by atoms with Crippen LogP contribution in [0.15, 0.2) is 60.7 Å². The third-order valence-electron chi connectivity index (χ3n) is 5.12. The molecule has 144 valence electrons. The smallest absolute Gasteiger partial charge is 0.229 e. The third-order valence-corrected chi connectivity index (χ3v) is 5.12. The van der Waals surface area contributed by atoms with E-state index in [-0.39, 0.29) is 0 Å². The first kappa shape index (κ1) is 18.3. The van der Waals surface area contributed by atoms with E-state index in [0.717, 1.165) is 41.6 Å². The predicted octanol–water partition coefficient (Wildman–Crippen LogP) is 5.13. The zero-order valence-electron chi connectivity index (χ0n) is 16.4. The number of hydrogen-bond donors (Lipinski definition) is 1. The maximum Gasteiger partial charge on any atom is 0.229 e. The van der Waals surface area contributed by atoms with Gasteiger partial charge in [0.2, 0.25) is 5.95 Å². The van der Waals surface area contributed by atoms with Crippen LogP contribution in [0.5, 0.6) is 5.75 Å². The number of nitrogens with one attached hydrogen (secondary N) is 1. The number of anilines is 3. The van der Waals surface area contributed by atoms with E-state index in [1.165, 1.54) is 12.8 Å². The van der Waals surface area contributed by atoms with E-state index < -0.39 is 0 Å². The fraction of sp³-hybridized carbons (Fsp3) is 0.304. The summed E-state index contributed by atoms with van der Waals surface area (Å²) in [6.07, 6.45) is 2.47. The molecule has 1 fully saturated rings. The Balaban J connectivity index is 1.73. The fourth-order valence-electron chi connectivity index (χ4n) is 3.67. The van der Waals surface area contributed by atoms with Gasteiger partial charge in [-0.25, -0.2) is 4.98 Å². The van der Waals surface area contributed by atoms with Gasteiger partial charge < -0.3 is 15.0 Å². The van der Waals surface area contributed by atoms with Crippen molar-refractivity contribution in [2.75, 3.05) is 30.4 Å². The zero-order valence-corrected chi connectivity index (χ0v) is 16.4. The lowest BCUT2D eigenvalue weighted by Crippen LogP contribution is -2.35. The lowest BCUT2D eigenvalue weighted by molar-refractivity contribution is 0.417. The van der Waals surface area contributed by atoms with E-state index >= 15 is 0 Å². The molecule has 4 rings (SSSR count). The van der Waals surface area contributed by atoms with Crippen LogP contribution in [-0.2, 0) is 0 Å². The fourth-order valence-corrected chi connectivity index (χ4v) is 3.67. The predicted molar refractivity (Wildman–Crippen MR) is 114 cm³/mol. The van der Waals surface area contributed by atoms with E-state index in [1.54, 1.807) is 7.11 Å². The Morgan fingerprint density at radius 3 is 2.61 bits per heavy atom. The summed E-state index contributed by atoms with van der Waals surface area (Å²) in [6, 6.07) is 20.2. The Morgan fingerprint density at radius 2 is 1.82 bits per heavy atom. The van der Waals surface area contributed by atoms with Gasteiger partial charge in [0.15, 0.2) is 0 Å². The highest BCUT2D eigenvalue weighted by atomic mass is 16.5. The van der Waals surface area contributed by atoms with Gasteiger partial charge in [0.25, 0.3) is 0 Å². The van der Waals surface area contributed by atoms with Crippen molar-refractivity contribution in [3.63, 3.8) is 0 Å². The van der Waals surface area contributed by atoms with Crippen LogP contribution < -0.4 is 15.0 Å². The normalized spacial score (nSPS) is 16.6. The topological polar surface area (TPSA) is 50.3 Å². The molecule has 0 spiro atoms. The van der Waals surface area contributed by atoms with Crippen LogP contribution in [0.4, 0.5) is 17.5 Å². The second-order valence-electron chi connectivity index (χ2n) is 7.32. The summed E-state index contributed by atoms with van der Waals surface area (Å²) in [4.78, 5) is 12.0. The summed E-state index contributed by atoms with van der Waals surface area (Å²) in [5.74, 6) is 3.00. The van der Waals surface area contributed by atoms with Gasteiger partial charge in [-0.05, 0) is 30.9 Å². The Hall–Kier alpha value is -3.08. The van der Waals surface area contributed by atoms with E-state index in [4.69, 9.17) is 14.7 Å². The van der Waals surface area contributed by atoms with Gasteiger partial charge in [0, 0.05) is 24.7 Å². The number of piperidine rings is 1. The van der Waals surface area contributed by atoms with Gasteiger partial charge >= 0.3 is 0 Å². The molecule has 1 N–H and O–H groups in total. The number of methoxy groups -OCH3 is 1. The second-order valence-corrected chi connectivity index (χ2v) is 7.32. The number of nitrogens with zero attached hydrogens (tertiary/aromatic N) is 3. The van der Waals surface area contributed by atoms with Crippen molar-refractivity contribution in [2.24, 2.45) is 5.92 Å². The van der Waals surface area contributed by atoms with E-state index in [2.05, 4.69) is 35.3 Å². The Bertz CT molecular complexity index is 929. The number of rotatable bonds is 5. The van der Waals surface area contributed by atoms with Crippen LogP contribution >= 0.6 is 0 Å². The summed E-state index contributed by atoms with van der Waals surface area (Å²) >= 11 is 0. The van der Waals surface area contributed by atoms with Crippen LogP contribution in [0.3, 0.4) is 0 Å². The lowest BCUT2D eigenvalue weighted by atomic mass is 10.0. The summed E-state index contributed by atoms with van der Waals surface area (Å²) < 4.78 is 5.46. The molecular weight excluding hydrogens is 348 g/mol. The van der Waals surface area contributed by atoms with E-state index in [0.29, 0.717) is 11.9 Å². The van der Waals surface area contributed by atoms with Crippen LogP contribution in [0.2, 0.25) is 0 Å². The second kappa shape index (κ2) is 8.30. The molecule has 1 aliphatic rings. The molecular formula is C23H26N4O. The maximum atomic E-state index is 5.46. The summed E-state index contributed by atoms with van der Waals surface area (Å²) in [7, 11) is 1.67. The molecule has 0 saturated carbocycles. The molecule has 2 aromatic carbocycles. The van der Waals surface area contributed by atoms with E-state index in [9.17, 15) is 0 Å². The summed E-state index contributed by atoms with van der Waals surface area (Å²) in [5, 5.41) is 3.35. The van der Waals surface area contributed by atoms with Crippen molar-refractivity contribution in [3.05, 3.63) is 60.7 Å². The van der Waals surface area contributed by atoms with Crippen molar-refractivity contribution < 1.29 is 4.74 Å². The molecule has 0 amide bonds.